The Morgan fingerprint density at radius 1 is 1.00 bits per heavy atom. The first-order chi connectivity index (χ1) is 14.1. The lowest BCUT2D eigenvalue weighted by Crippen LogP contribution is -2.49. The summed E-state index contributed by atoms with van der Waals surface area (Å²) in [7, 11) is 0. The van der Waals surface area contributed by atoms with E-state index in [4.69, 9.17) is 0 Å². The van der Waals surface area contributed by atoms with Crippen LogP contribution in [0.5, 0.6) is 0 Å². The van der Waals surface area contributed by atoms with Crippen LogP contribution in [0.2, 0.25) is 0 Å². The zero-order valence-electron chi connectivity index (χ0n) is 16.2. The number of hydrogen-bond acceptors (Lipinski definition) is 3. The second-order valence-electron chi connectivity index (χ2n) is 6.98. The topological polar surface area (TPSA) is 41.4 Å². The van der Waals surface area contributed by atoms with Gasteiger partial charge in [-0.05, 0) is 42.8 Å². The number of para-hydroxylation sites is 1. The molecule has 0 N–H and O–H groups in total. The van der Waals surface area contributed by atoms with Crippen molar-refractivity contribution >= 4 is 11.6 Å². The Balaban J connectivity index is 1.51. The highest BCUT2D eigenvalue weighted by molar-refractivity contribution is 5.95. The molecule has 150 valence electrons. The Labute approximate surface area is 168 Å². The predicted octanol–water partition coefficient (Wildman–Crippen LogP) is 3.68. The standard InChI is InChI=1S/C22H22F2N4O/c1-2-20-18(15-25-28(20)17-9-7-16(23)8-10-17)22(29)27-13-11-26(12-14-27)21-6-4-3-5-19(21)24/h3-10,15H,2,11-14H2,1H3. The molecule has 2 aromatic carbocycles. The van der Waals surface area contributed by atoms with Gasteiger partial charge in [0.1, 0.15) is 11.6 Å². The molecule has 0 spiro atoms. The van der Waals surface area contributed by atoms with Crippen molar-refractivity contribution in [2.24, 2.45) is 0 Å². The zero-order valence-corrected chi connectivity index (χ0v) is 16.2. The fraction of sp³-hybridized carbons (Fsp3) is 0.273. The summed E-state index contributed by atoms with van der Waals surface area (Å²) in [5.74, 6) is -0.646. The summed E-state index contributed by atoms with van der Waals surface area (Å²) in [6.07, 6.45) is 2.20. The van der Waals surface area contributed by atoms with Gasteiger partial charge in [0.2, 0.25) is 0 Å². The van der Waals surface area contributed by atoms with E-state index in [0.29, 0.717) is 49.5 Å². The summed E-state index contributed by atoms with van der Waals surface area (Å²) in [6.45, 7) is 4.13. The molecule has 1 aliphatic rings. The lowest BCUT2D eigenvalue weighted by atomic mass is 10.1. The average Bonchev–Trinajstić information content (AvgIpc) is 3.18. The van der Waals surface area contributed by atoms with E-state index in [1.807, 2.05) is 17.9 Å². The van der Waals surface area contributed by atoms with Crippen LogP contribution in [0.1, 0.15) is 23.0 Å². The fourth-order valence-electron chi connectivity index (χ4n) is 3.73. The molecule has 2 heterocycles. The maximum Gasteiger partial charge on any atom is 0.257 e. The van der Waals surface area contributed by atoms with Crippen molar-refractivity contribution < 1.29 is 13.6 Å². The van der Waals surface area contributed by atoms with Crippen molar-refractivity contribution in [1.29, 1.82) is 0 Å². The molecule has 1 amide bonds. The predicted molar refractivity (Wildman–Crippen MR) is 107 cm³/mol. The van der Waals surface area contributed by atoms with Gasteiger partial charge in [0.25, 0.3) is 5.91 Å². The number of piperazine rings is 1. The number of anilines is 1. The number of carbonyl (C=O) groups excluding carboxylic acids is 1. The molecule has 4 rings (SSSR count). The highest BCUT2D eigenvalue weighted by Crippen LogP contribution is 2.22. The van der Waals surface area contributed by atoms with Gasteiger partial charge in [-0.3, -0.25) is 4.79 Å². The molecular formula is C22H22F2N4O. The number of aromatic nitrogens is 2. The van der Waals surface area contributed by atoms with Gasteiger partial charge in [0.05, 0.1) is 28.8 Å². The number of amides is 1. The zero-order chi connectivity index (χ0) is 20.4. The van der Waals surface area contributed by atoms with Crippen LogP contribution in [-0.2, 0) is 6.42 Å². The van der Waals surface area contributed by atoms with E-state index in [0.717, 1.165) is 5.69 Å². The van der Waals surface area contributed by atoms with Crippen LogP contribution in [0.4, 0.5) is 14.5 Å². The number of benzene rings is 2. The van der Waals surface area contributed by atoms with E-state index in [1.54, 1.807) is 40.0 Å². The largest absolute Gasteiger partial charge is 0.366 e. The van der Waals surface area contributed by atoms with E-state index < -0.39 is 0 Å². The summed E-state index contributed by atoms with van der Waals surface area (Å²) in [5.41, 5.74) is 2.62. The van der Waals surface area contributed by atoms with Gasteiger partial charge >= 0.3 is 0 Å². The molecule has 0 saturated carbocycles. The van der Waals surface area contributed by atoms with E-state index in [-0.39, 0.29) is 17.5 Å². The van der Waals surface area contributed by atoms with Crippen LogP contribution in [0.25, 0.3) is 5.69 Å². The van der Waals surface area contributed by atoms with Gasteiger partial charge in [-0.15, -0.1) is 0 Å². The minimum Gasteiger partial charge on any atom is -0.366 e. The maximum atomic E-state index is 14.0. The Hall–Kier alpha value is -3.22. The maximum absolute atomic E-state index is 14.0. The molecule has 0 radical (unpaired) electrons. The minimum atomic E-state index is -0.317. The van der Waals surface area contributed by atoms with Crippen LogP contribution in [0.3, 0.4) is 0 Å². The Bertz CT molecular complexity index is 1010. The molecule has 0 bridgehead atoms. The molecule has 1 fully saturated rings. The van der Waals surface area contributed by atoms with Crippen molar-refractivity contribution in [3.8, 4) is 5.69 Å². The van der Waals surface area contributed by atoms with Gasteiger partial charge in [-0.25, -0.2) is 13.5 Å². The van der Waals surface area contributed by atoms with E-state index >= 15 is 0 Å². The van der Waals surface area contributed by atoms with Crippen LogP contribution in [-0.4, -0.2) is 46.8 Å². The first-order valence-corrected chi connectivity index (χ1v) is 9.70. The lowest BCUT2D eigenvalue weighted by Gasteiger charge is -2.36. The second-order valence-corrected chi connectivity index (χ2v) is 6.98. The molecule has 0 aliphatic carbocycles. The molecule has 5 nitrogen and oxygen atoms in total. The van der Waals surface area contributed by atoms with Crippen LogP contribution in [0, 0.1) is 11.6 Å². The smallest absolute Gasteiger partial charge is 0.257 e. The number of rotatable bonds is 4. The molecule has 1 saturated heterocycles. The summed E-state index contributed by atoms with van der Waals surface area (Å²) in [5, 5.41) is 4.36. The van der Waals surface area contributed by atoms with Gasteiger partial charge in [-0.2, -0.15) is 5.10 Å². The van der Waals surface area contributed by atoms with Crippen molar-refractivity contribution in [3.05, 3.63) is 77.6 Å². The molecule has 0 atom stereocenters. The van der Waals surface area contributed by atoms with Crippen LogP contribution < -0.4 is 4.90 Å². The quantitative estimate of drug-likeness (QED) is 0.676. The third-order valence-corrected chi connectivity index (χ3v) is 5.27. The molecule has 7 heteroatoms. The first-order valence-electron chi connectivity index (χ1n) is 9.70. The van der Waals surface area contributed by atoms with Crippen molar-refractivity contribution in [1.82, 2.24) is 14.7 Å². The number of halogens is 2. The summed E-state index contributed by atoms with van der Waals surface area (Å²) >= 11 is 0. The third kappa shape index (κ3) is 3.72. The third-order valence-electron chi connectivity index (χ3n) is 5.27. The summed E-state index contributed by atoms with van der Waals surface area (Å²) in [6, 6.07) is 12.7. The normalized spacial score (nSPS) is 14.3. The highest BCUT2D eigenvalue weighted by Gasteiger charge is 2.26. The Morgan fingerprint density at radius 3 is 2.34 bits per heavy atom. The molecular weight excluding hydrogens is 374 g/mol. The number of carbonyl (C=O) groups is 1. The van der Waals surface area contributed by atoms with Gasteiger partial charge in [-0.1, -0.05) is 19.1 Å². The monoisotopic (exact) mass is 396 g/mol. The fourth-order valence-corrected chi connectivity index (χ4v) is 3.73. The molecule has 3 aromatic rings. The van der Waals surface area contributed by atoms with Crippen molar-refractivity contribution in [2.75, 3.05) is 31.1 Å². The van der Waals surface area contributed by atoms with Gasteiger partial charge in [0, 0.05) is 26.2 Å². The van der Waals surface area contributed by atoms with E-state index in [1.165, 1.54) is 18.2 Å². The molecule has 1 aliphatic heterocycles. The van der Waals surface area contributed by atoms with Crippen LogP contribution in [0.15, 0.2) is 54.7 Å². The highest BCUT2D eigenvalue weighted by atomic mass is 19.1. The molecule has 0 unspecified atom stereocenters. The summed E-state index contributed by atoms with van der Waals surface area (Å²) in [4.78, 5) is 16.8. The molecule has 29 heavy (non-hydrogen) atoms. The summed E-state index contributed by atoms with van der Waals surface area (Å²) < 4.78 is 28.9. The van der Waals surface area contributed by atoms with Crippen molar-refractivity contribution in [2.45, 2.75) is 13.3 Å². The Morgan fingerprint density at radius 2 is 1.69 bits per heavy atom. The van der Waals surface area contributed by atoms with Crippen molar-refractivity contribution in [3.63, 3.8) is 0 Å². The average molecular weight is 396 g/mol. The number of nitrogens with zero attached hydrogens (tertiary/aromatic N) is 4. The Kier molecular flexibility index (Phi) is 5.29. The molecule has 1 aromatic heterocycles. The van der Waals surface area contributed by atoms with Gasteiger partial charge < -0.3 is 9.80 Å². The number of hydrogen-bond donors (Lipinski definition) is 0. The lowest BCUT2D eigenvalue weighted by molar-refractivity contribution is 0.0745. The van der Waals surface area contributed by atoms with Gasteiger partial charge in [0.15, 0.2) is 0 Å². The SMILES string of the molecule is CCc1c(C(=O)N2CCN(c3ccccc3F)CC2)cnn1-c1ccc(F)cc1. The first kappa shape index (κ1) is 19.1. The van der Waals surface area contributed by atoms with E-state index in [2.05, 4.69) is 5.10 Å². The van der Waals surface area contributed by atoms with Crippen LogP contribution >= 0.6 is 0 Å². The second kappa shape index (κ2) is 8.03. The minimum absolute atomic E-state index is 0.0802. The van der Waals surface area contributed by atoms with E-state index in [9.17, 15) is 13.6 Å².